The van der Waals surface area contributed by atoms with Gasteiger partial charge < -0.3 is 15.2 Å². The highest BCUT2D eigenvalue weighted by atomic mass is 35.5. The fourth-order valence-corrected chi connectivity index (χ4v) is 3.40. The number of aromatic nitrogens is 3. The molecule has 4 rings (SSSR count). The van der Waals surface area contributed by atoms with Gasteiger partial charge in [-0.05, 0) is 52.7 Å². The Hall–Kier alpha value is -3.58. The molecule has 1 aromatic heterocycles. The monoisotopic (exact) mass is 422 g/mol. The zero-order valence-electron chi connectivity index (χ0n) is 16.2. The molecular formula is C22H19ClN4O3. The highest BCUT2D eigenvalue weighted by molar-refractivity contribution is 6.31. The lowest BCUT2D eigenvalue weighted by atomic mass is 10.1. The quantitative estimate of drug-likeness (QED) is 0.457. The molecule has 0 aliphatic rings. The molecule has 30 heavy (non-hydrogen) atoms. The first-order chi connectivity index (χ1) is 14.5. The molecule has 0 amide bonds. The first kappa shape index (κ1) is 19.7. The zero-order valence-corrected chi connectivity index (χ0v) is 16.9. The van der Waals surface area contributed by atoms with E-state index in [9.17, 15) is 9.90 Å². The van der Waals surface area contributed by atoms with Crippen LogP contribution in [0.2, 0.25) is 5.02 Å². The molecule has 0 saturated heterocycles. The highest BCUT2D eigenvalue weighted by Gasteiger charge is 2.19. The Morgan fingerprint density at radius 2 is 1.83 bits per heavy atom. The summed E-state index contributed by atoms with van der Waals surface area (Å²) in [6, 6.07) is 19.1. The number of hydrogen-bond acceptors (Lipinski definition) is 5. The van der Waals surface area contributed by atoms with Gasteiger partial charge in [0.05, 0.1) is 25.9 Å². The number of halogens is 1. The normalized spacial score (nSPS) is 10.9. The number of hydrogen-bond donors (Lipinski definition) is 2. The van der Waals surface area contributed by atoms with Crippen molar-refractivity contribution in [1.82, 2.24) is 15.0 Å². The average Bonchev–Trinajstić information content (AvgIpc) is 3.15. The van der Waals surface area contributed by atoms with Gasteiger partial charge in [0, 0.05) is 10.7 Å². The fourth-order valence-electron chi connectivity index (χ4n) is 3.22. The number of ether oxygens (including phenoxy) is 1. The molecule has 0 saturated carbocycles. The summed E-state index contributed by atoms with van der Waals surface area (Å²) in [5, 5.41) is 23.4. The molecule has 1 heterocycles. The molecular weight excluding hydrogens is 404 g/mol. The third-order valence-corrected chi connectivity index (χ3v) is 5.03. The second-order valence-electron chi connectivity index (χ2n) is 6.76. The SMILES string of the molecule is COc1ccc(Cn2nnc(C(=O)O)c2CNc2ccc3cc(Cl)ccc3c2)cc1. The summed E-state index contributed by atoms with van der Waals surface area (Å²) in [5.74, 6) is -0.357. The summed E-state index contributed by atoms with van der Waals surface area (Å²) in [4.78, 5) is 11.6. The van der Waals surface area contributed by atoms with Crippen molar-refractivity contribution in [3.05, 3.63) is 82.6 Å². The maximum Gasteiger partial charge on any atom is 0.358 e. The number of nitrogens with zero attached hydrogens (tertiary/aromatic N) is 3. The topological polar surface area (TPSA) is 89.3 Å². The molecule has 2 N–H and O–H groups in total. The number of nitrogens with one attached hydrogen (secondary N) is 1. The smallest absolute Gasteiger partial charge is 0.358 e. The van der Waals surface area contributed by atoms with E-state index >= 15 is 0 Å². The lowest BCUT2D eigenvalue weighted by molar-refractivity contribution is 0.0689. The van der Waals surface area contributed by atoms with Gasteiger partial charge in [-0.1, -0.05) is 41.1 Å². The molecule has 152 valence electrons. The van der Waals surface area contributed by atoms with Crippen LogP contribution >= 0.6 is 11.6 Å². The van der Waals surface area contributed by atoms with E-state index in [-0.39, 0.29) is 12.2 Å². The Balaban J connectivity index is 1.57. The third-order valence-electron chi connectivity index (χ3n) is 4.79. The second-order valence-corrected chi connectivity index (χ2v) is 7.19. The number of rotatable bonds is 7. The van der Waals surface area contributed by atoms with Gasteiger partial charge in [0.25, 0.3) is 0 Å². The standard InChI is InChI=1S/C22H19ClN4O3/c1-30-19-8-2-14(3-9-19)13-27-20(21(22(28)29)25-26-27)12-24-18-7-5-15-10-17(23)6-4-16(15)11-18/h2-11,24H,12-13H2,1H3,(H,28,29). The van der Waals surface area contributed by atoms with Crippen LogP contribution < -0.4 is 10.1 Å². The van der Waals surface area contributed by atoms with E-state index in [0.29, 0.717) is 17.3 Å². The molecule has 8 heteroatoms. The summed E-state index contributed by atoms with van der Waals surface area (Å²) >= 11 is 6.04. The lowest BCUT2D eigenvalue weighted by Crippen LogP contribution is -2.13. The second kappa shape index (κ2) is 8.42. The van der Waals surface area contributed by atoms with Crippen molar-refractivity contribution in [1.29, 1.82) is 0 Å². The summed E-state index contributed by atoms with van der Waals surface area (Å²) in [7, 11) is 1.61. The minimum Gasteiger partial charge on any atom is -0.497 e. The number of carboxylic acids is 1. The van der Waals surface area contributed by atoms with E-state index < -0.39 is 5.97 Å². The van der Waals surface area contributed by atoms with Crippen molar-refractivity contribution in [2.45, 2.75) is 13.1 Å². The zero-order chi connectivity index (χ0) is 21.1. The summed E-state index contributed by atoms with van der Waals surface area (Å²) in [6.45, 7) is 0.668. The third kappa shape index (κ3) is 4.21. The van der Waals surface area contributed by atoms with Crippen molar-refractivity contribution in [3.63, 3.8) is 0 Å². The molecule has 3 aromatic carbocycles. The van der Waals surface area contributed by atoms with Crippen LogP contribution in [0.5, 0.6) is 5.75 Å². The van der Waals surface area contributed by atoms with Crippen LogP contribution in [0, 0.1) is 0 Å². The maximum absolute atomic E-state index is 11.6. The largest absolute Gasteiger partial charge is 0.497 e. The van der Waals surface area contributed by atoms with Crippen molar-refractivity contribution in [3.8, 4) is 5.75 Å². The van der Waals surface area contributed by atoms with Crippen molar-refractivity contribution < 1.29 is 14.6 Å². The highest BCUT2D eigenvalue weighted by Crippen LogP contribution is 2.23. The van der Waals surface area contributed by atoms with Crippen LogP contribution in [0.15, 0.2) is 60.7 Å². The molecule has 0 atom stereocenters. The van der Waals surface area contributed by atoms with Gasteiger partial charge in [0.2, 0.25) is 0 Å². The summed E-state index contributed by atoms with van der Waals surface area (Å²) < 4.78 is 6.77. The lowest BCUT2D eigenvalue weighted by Gasteiger charge is -2.11. The van der Waals surface area contributed by atoms with Crippen molar-refractivity contribution >= 4 is 34.0 Å². The Kier molecular flexibility index (Phi) is 5.54. The Morgan fingerprint density at radius 3 is 2.57 bits per heavy atom. The van der Waals surface area contributed by atoms with Crippen LogP contribution in [-0.2, 0) is 13.1 Å². The number of aromatic carboxylic acids is 1. The van der Waals surface area contributed by atoms with E-state index in [1.54, 1.807) is 11.8 Å². The molecule has 0 unspecified atom stereocenters. The fraction of sp³-hybridized carbons (Fsp3) is 0.136. The van der Waals surface area contributed by atoms with Crippen LogP contribution in [0.3, 0.4) is 0 Å². The Morgan fingerprint density at radius 1 is 1.10 bits per heavy atom. The van der Waals surface area contributed by atoms with Crippen LogP contribution in [0.1, 0.15) is 21.7 Å². The first-order valence-electron chi connectivity index (χ1n) is 9.25. The predicted molar refractivity (Wildman–Crippen MR) is 115 cm³/mol. The number of methoxy groups -OCH3 is 1. The summed E-state index contributed by atoms with van der Waals surface area (Å²) in [6.07, 6.45) is 0. The minimum absolute atomic E-state index is 0.0661. The van der Waals surface area contributed by atoms with Gasteiger partial charge in [-0.2, -0.15) is 0 Å². The van der Waals surface area contributed by atoms with E-state index in [1.807, 2.05) is 60.7 Å². The molecule has 0 spiro atoms. The Bertz CT molecular complexity index is 1200. The molecule has 7 nitrogen and oxygen atoms in total. The summed E-state index contributed by atoms with van der Waals surface area (Å²) in [5.41, 5.74) is 2.25. The molecule has 0 aliphatic carbocycles. The number of carboxylic acid groups (broad SMARTS) is 1. The van der Waals surface area contributed by atoms with E-state index in [4.69, 9.17) is 16.3 Å². The average molecular weight is 423 g/mol. The number of anilines is 1. The van der Waals surface area contributed by atoms with E-state index in [1.165, 1.54) is 0 Å². The van der Waals surface area contributed by atoms with E-state index in [0.717, 1.165) is 27.8 Å². The number of carbonyl (C=O) groups is 1. The van der Waals surface area contributed by atoms with Crippen molar-refractivity contribution in [2.75, 3.05) is 12.4 Å². The van der Waals surface area contributed by atoms with Gasteiger partial charge >= 0.3 is 5.97 Å². The predicted octanol–water partition coefficient (Wildman–Crippen LogP) is 4.45. The van der Waals surface area contributed by atoms with E-state index in [2.05, 4.69) is 15.6 Å². The molecule has 0 radical (unpaired) electrons. The van der Waals surface area contributed by atoms with Crippen LogP contribution in [0.25, 0.3) is 10.8 Å². The first-order valence-corrected chi connectivity index (χ1v) is 9.63. The van der Waals surface area contributed by atoms with Crippen molar-refractivity contribution in [2.24, 2.45) is 0 Å². The molecule has 0 aliphatic heterocycles. The van der Waals surface area contributed by atoms with Gasteiger partial charge in [-0.3, -0.25) is 0 Å². The number of benzene rings is 3. The molecule has 4 aromatic rings. The minimum atomic E-state index is -1.11. The van der Waals surface area contributed by atoms with Gasteiger partial charge in [-0.25, -0.2) is 9.48 Å². The molecule has 0 fully saturated rings. The number of fused-ring (bicyclic) bond motifs is 1. The van der Waals surface area contributed by atoms with Crippen LogP contribution in [-0.4, -0.2) is 33.2 Å². The van der Waals surface area contributed by atoms with Gasteiger partial charge in [-0.15, -0.1) is 5.10 Å². The maximum atomic E-state index is 11.6. The van der Waals surface area contributed by atoms with Crippen LogP contribution in [0.4, 0.5) is 5.69 Å². The Labute approximate surface area is 177 Å². The van der Waals surface area contributed by atoms with Gasteiger partial charge in [0.1, 0.15) is 5.75 Å². The molecule has 0 bridgehead atoms. The van der Waals surface area contributed by atoms with Gasteiger partial charge in [0.15, 0.2) is 5.69 Å².